The highest BCUT2D eigenvalue weighted by Crippen LogP contribution is 2.24. The second-order valence-electron chi connectivity index (χ2n) is 6.07. The number of thioether (sulfide) groups is 1. The largest absolute Gasteiger partial charge is 0.497 e. The molecule has 0 spiro atoms. The van der Waals surface area contributed by atoms with Crippen molar-refractivity contribution in [2.75, 3.05) is 36.5 Å². The van der Waals surface area contributed by atoms with Crippen LogP contribution >= 0.6 is 23.4 Å². The van der Waals surface area contributed by atoms with Gasteiger partial charge in [0.2, 0.25) is 15.9 Å². The van der Waals surface area contributed by atoms with Crippen LogP contribution in [0.5, 0.6) is 5.75 Å². The molecule has 0 saturated carbocycles. The zero-order valence-electron chi connectivity index (χ0n) is 16.0. The molecule has 2 rings (SSSR count). The Balaban J connectivity index is 1.87. The number of hydrogen-bond acceptors (Lipinski definition) is 5. The first-order valence-corrected chi connectivity index (χ1v) is 12.0. The van der Waals surface area contributed by atoms with Crippen LogP contribution in [0.4, 0.5) is 10.1 Å². The van der Waals surface area contributed by atoms with Gasteiger partial charge >= 0.3 is 0 Å². The lowest BCUT2D eigenvalue weighted by Gasteiger charge is -2.22. The van der Waals surface area contributed by atoms with Gasteiger partial charge in [-0.15, -0.1) is 0 Å². The predicted molar refractivity (Wildman–Crippen MR) is 116 cm³/mol. The Morgan fingerprint density at radius 3 is 2.66 bits per heavy atom. The maximum atomic E-state index is 13.7. The fourth-order valence-electron chi connectivity index (χ4n) is 2.46. The zero-order valence-corrected chi connectivity index (χ0v) is 18.4. The number of rotatable bonds is 10. The molecule has 0 aliphatic carbocycles. The Kier molecular flexibility index (Phi) is 8.60. The lowest BCUT2D eigenvalue weighted by Crippen LogP contribution is -2.41. The maximum Gasteiger partial charge on any atom is 0.240 e. The summed E-state index contributed by atoms with van der Waals surface area (Å²) in [7, 11) is -2.19. The molecule has 29 heavy (non-hydrogen) atoms. The molecule has 0 aliphatic rings. The SMILES string of the molecule is COc1cccc(N(CC(=O)NCCSCc2c(F)cccc2Cl)S(C)(=O)=O)c1. The lowest BCUT2D eigenvalue weighted by atomic mass is 10.2. The molecular formula is C19H22ClFN2O4S2. The highest BCUT2D eigenvalue weighted by atomic mass is 35.5. The number of benzene rings is 2. The molecule has 158 valence electrons. The number of anilines is 1. The zero-order chi connectivity index (χ0) is 21.4. The van der Waals surface area contributed by atoms with E-state index in [9.17, 15) is 17.6 Å². The van der Waals surface area contributed by atoms with Crippen LogP contribution in [0.2, 0.25) is 5.02 Å². The van der Waals surface area contributed by atoms with E-state index in [1.807, 2.05) is 0 Å². The fraction of sp³-hybridized carbons (Fsp3) is 0.316. The van der Waals surface area contributed by atoms with Crippen molar-refractivity contribution in [1.82, 2.24) is 5.32 Å². The van der Waals surface area contributed by atoms with E-state index in [2.05, 4.69) is 5.32 Å². The number of methoxy groups -OCH3 is 1. The van der Waals surface area contributed by atoms with Gasteiger partial charge in [0.05, 0.1) is 19.1 Å². The van der Waals surface area contributed by atoms with Crippen LogP contribution < -0.4 is 14.4 Å². The van der Waals surface area contributed by atoms with Gasteiger partial charge in [0.1, 0.15) is 18.1 Å². The number of hydrogen-bond donors (Lipinski definition) is 1. The number of nitrogens with one attached hydrogen (secondary N) is 1. The standard InChI is InChI=1S/C19H22ClFN2O4S2/c1-27-15-6-3-5-14(11-15)23(29(2,25)26)12-19(24)22-9-10-28-13-16-17(20)7-4-8-18(16)21/h3-8,11H,9-10,12-13H2,1-2H3,(H,22,24). The summed E-state index contributed by atoms with van der Waals surface area (Å²) in [6, 6.07) is 11.0. The van der Waals surface area contributed by atoms with Crippen molar-refractivity contribution in [3.63, 3.8) is 0 Å². The smallest absolute Gasteiger partial charge is 0.240 e. The maximum absolute atomic E-state index is 13.7. The van der Waals surface area contributed by atoms with Gasteiger partial charge in [-0.2, -0.15) is 11.8 Å². The molecule has 0 fully saturated rings. The highest BCUT2D eigenvalue weighted by molar-refractivity contribution is 7.98. The Morgan fingerprint density at radius 2 is 2.00 bits per heavy atom. The summed E-state index contributed by atoms with van der Waals surface area (Å²) < 4.78 is 44.1. The molecule has 0 aliphatic heterocycles. The number of carbonyl (C=O) groups is 1. The molecule has 2 aromatic rings. The van der Waals surface area contributed by atoms with E-state index in [1.54, 1.807) is 36.4 Å². The van der Waals surface area contributed by atoms with E-state index in [4.69, 9.17) is 16.3 Å². The second-order valence-corrected chi connectivity index (χ2v) is 9.49. The van der Waals surface area contributed by atoms with Crippen LogP contribution in [-0.2, 0) is 20.6 Å². The van der Waals surface area contributed by atoms with Crippen molar-refractivity contribution in [3.8, 4) is 5.75 Å². The highest BCUT2D eigenvalue weighted by Gasteiger charge is 2.21. The van der Waals surface area contributed by atoms with Gasteiger partial charge in [-0.1, -0.05) is 23.7 Å². The van der Waals surface area contributed by atoms with Crippen LogP contribution in [-0.4, -0.2) is 46.5 Å². The predicted octanol–water partition coefficient (Wildman–Crippen LogP) is 3.30. The third-order valence-corrected chi connectivity index (χ3v) is 6.39. The van der Waals surface area contributed by atoms with E-state index < -0.39 is 15.9 Å². The number of nitrogens with zero attached hydrogens (tertiary/aromatic N) is 1. The first kappa shape index (κ1) is 23.3. The molecule has 0 heterocycles. The van der Waals surface area contributed by atoms with Gasteiger partial charge in [-0.05, 0) is 24.3 Å². The Labute approximate surface area is 179 Å². The van der Waals surface area contributed by atoms with Crippen molar-refractivity contribution in [1.29, 1.82) is 0 Å². The number of carbonyl (C=O) groups excluding carboxylic acids is 1. The molecule has 1 N–H and O–H groups in total. The minimum absolute atomic E-state index is 0.311. The first-order valence-electron chi connectivity index (χ1n) is 8.61. The van der Waals surface area contributed by atoms with Gasteiger partial charge in [0.25, 0.3) is 0 Å². The van der Waals surface area contributed by atoms with Crippen LogP contribution in [0.1, 0.15) is 5.56 Å². The van der Waals surface area contributed by atoms with Crippen molar-refractivity contribution in [2.45, 2.75) is 5.75 Å². The molecule has 10 heteroatoms. The number of sulfonamides is 1. The van der Waals surface area contributed by atoms with Gasteiger partial charge < -0.3 is 10.1 Å². The van der Waals surface area contributed by atoms with E-state index in [0.29, 0.717) is 40.1 Å². The normalized spacial score (nSPS) is 11.2. The first-order chi connectivity index (χ1) is 13.7. The minimum Gasteiger partial charge on any atom is -0.497 e. The molecular weight excluding hydrogens is 439 g/mol. The average Bonchev–Trinajstić information content (AvgIpc) is 2.67. The molecule has 0 saturated heterocycles. The molecule has 6 nitrogen and oxygen atoms in total. The minimum atomic E-state index is -3.66. The third-order valence-electron chi connectivity index (χ3n) is 3.91. The fourth-order valence-corrected chi connectivity index (χ4v) is 4.50. The van der Waals surface area contributed by atoms with Crippen LogP contribution in [0.15, 0.2) is 42.5 Å². The molecule has 0 radical (unpaired) electrons. The summed E-state index contributed by atoms with van der Waals surface area (Å²) in [4.78, 5) is 12.2. The Morgan fingerprint density at radius 1 is 1.28 bits per heavy atom. The Bertz CT molecular complexity index is 937. The van der Waals surface area contributed by atoms with E-state index in [-0.39, 0.29) is 12.4 Å². The lowest BCUT2D eigenvalue weighted by molar-refractivity contribution is -0.119. The third kappa shape index (κ3) is 7.09. The molecule has 2 aromatic carbocycles. The average molecular weight is 461 g/mol. The number of ether oxygens (including phenoxy) is 1. The Hall–Kier alpha value is -1.97. The van der Waals surface area contributed by atoms with Gasteiger partial charge in [0, 0.05) is 34.7 Å². The molecule has 0 atom stereocenters. The topological polar surface area (TPSA) is 75.7 Å². The van der Waals surface area contributed by atoms with Gasteiger partial charge in [-0.3, -0.25) is 9.10 Å². The van der Waals surface area contributed by atoms with Gasteiger partial charge in [0.15, 0.2) is 0 Å². The molecule has 0 aromatic heterocycles. The van der Waals surface area contributed by atoms with E-state index >= 15 is 0 Å². The summed E-state index contributed by atoms with van der Waals surface area (Å²) in [6.45, 7) is -0.0406. The van der Waals surface area contributed by atoms with Crippen LogP contribution in [0, 0.1) is 5.82 Å². The summed E-state index contributed by atoms with van der Waals surface area (Å²) in [5.41, 5.74) is 0.761. The van der Waals surface area contributed by atoms with Crippen LogP contribution in [0.25, 0.3) is 0 Å². The summed E-state index contributed by atoms with van der Waals surface area (Å²) in [5.74, 6) is 0.577. The van der Waals surface area contributed by atoms with Crippen molar-refractivity contribution in [3.05, 3.63) is 58.9 Å². The summed E-state index contributed by atoms with van der Waals surface area (Å²) in [6.07, 6.45) is 1.04. The van der Waals surface area contributed by atoms with E-state index in [1.165, 1.54) is 24.9 Å². The number of halogens is 2. The van der Waals surface area contributed by atoms with Crippen molar-refractivity contribution >= 4 is 45.0 Å². The summed E-state index contributed by atoms with van der Waals surface area (Å²) in [5, 5.41) is 3.04. The molecule has 0 unspecified atom stereocenters. The molecule has 0 bridgehead atoms. The van der Waals surface area contributed by atoms with Crippen molar-refractivity contribution < 1.29 is 22.3 Å². The number of amides is 1. The van der Waals surface area contributed by atoms with E-state index in [0.717, 1.165) is 10.6 Å². The monoisotopic (exact) mass is 460 g/mol. The van der Waals surface area contributed by atoms with Crippen molar-refractivity contribution in [2.24, 2.45) is 0 Å². The second kappa shape index (κ2) is 10.7. The van der Waals surface area contributed by atoms with Gasteiger partial charge in [-0.25, -0.2) is 12.8 Å². The van der Waals surface area contributed by atoms with Crippen LogP contribution in [0.3, 0.4) is 0 Å². The molecule has 1 amide bonds. The quantitative estimate of drug-likeness (QED) is 0.550. The summed E-state index contributed by atoms with van der Waals surface area (Å²) >= 11 is 7.39.